The average molecular weight is 278 g/mol. The van der Waals surface area contributed by atoms with E-state index in [-0.39, 0.29) is 6.54 Å². The Morgan fingerprint density at radius 2 is 2.22 bits per heavy atom. The van der Waals surface area contributed by atoms with Crippen molar-refractivity contribution in [3.05, 3.63) is 23.2 Å². The average Bonchev–Trinajstić information content (AvgIpc) is 2.21. The van der Waals surface area contributed by atoms with Crippen molar-refractivity contribution in [2.45, 2.75) is 6.43 Å². The van der Waals surface area contributed by atoms with Crippen LogP contribution in [0.15, 0.2) is 18.2 Å². The molecule has 1 aromatic carbocycles. The molecule has 0 spiro atoms. The maximum atomic E-state index is 12.1. The van der Waals surface area contributed by atoms with Crippen molar-refractivity contribution in [3.63, 3.8) is 0 Å². The molecule has 7 heteroatoms. The van der Waals surface area contributed by atoms with Gasteiger partial charge in [-0.2, -0.15) is 0 Å². The van der Waals surface area contributed by atoms with Crippen molar-refractivity contribution in [2.24, 2.45) is 0 Å². The summed E-state index contributed by atoms with van der Waals surface area (Å²) in [6.45, 7) is -0.604. The summed E-state index contributed by atoms with van der Waals surface area (Å²) in [6.07, 6.45) is -2.47. The quantitative estimate of drug-likeness (QED) is 0.810. The van der Waals surface area contributed by atoms with Crippen LogP contribution in [0.2, 0.25) is 5.02 Å². The van der Waals surface area contributed by atoms with Crippen LogP contribution in [-0.4, -0.2) is 37.4 Å². The summed E-state index contributed by atoms with van der Waals surface area (Å²) in [4.78, 5) is 12.8. The Hall–Kier alpha value is -1.40. The van der Waals surface area contributed by atoms with Crippen molar-refractivity contribution < 1.29 is 13.6 Å². The number of hydrogen-bond donors (Lipinski definition) is 2. The number of benzene rings is 1. The van der Waals surface area contributed by atoms with Gasteiger partial charge in [0, 0.05) is 5.69 Å². The van der Waals surface area contributed by atoms with Gasteiger partial charge in [-0.05, 0) is 25.2 Å². The molecule has 0 radical (unpaired) electrons. The topological polar surface area (TPSA) is 58.4 Å². The SMILES string of the molecule is CN(CC(=O)Nc1cc(N)ccc1Cl)CC(F)F. The highest BCUT2D eigenvalue weighted by molar-refractivity contribution is 6.33. The van der Waals surface area contributed by atoms with Crippen molar-refractivity contribution >= 4 is 28.9 Å². The van der Waals surface area contributed by atoms with E-state index in [1.807, 2.05) is 0 Å². The fourth-order valence-electron chi connectivity index (χ4n) is 1.37. The monoisotopic (exact) mass is 277 g/mol. The predicted octanol–water partition coefficient (Wildman–Crippen LogP) is 2.06. The molecular weight excluding hydrogens is 264 g/mol. The van der Waals surface area contributed by atoms with Gasteiger partial charge in [0.15, 0.2) is 0 Å². The molecule has 1 rings (SSSR count). The number of carbonyl (C=O) groups is 1. The molecule has 1 amide bonds. The molecule has 0 saturated carbocycles. The summed E-state index contributed by atoms with van der Waals surface area (Å²) >= 11 is 5.86. The molecule has 0 aromatic heterocycles. The largest absolute Gasteiger partial charge is 0.399 e. The summed E-state index contributed by atoms with van der Waals surface area (Å²) in [5.41, 5.74) is 6.37. The van der Waals surface area contributed by atoms with Gasteiger partial charge >= 0.3 is 0 Å². The van der Waals surface area contributed by atoms with Crippen LogP contribution in [0.3, 0.4) is 0 Å². The molecule has 0 fully saturated rings. The van der Waals surface area contributed by atoms with Crippen molar-refractivity contribution in [3.8, 4) is 0 Å². The van der Waals surface area contributed by atoms with Crippen molar-refractivity contribution in [1.29, 1.82) is 0 Å². The fourth-order valence-corrected chi connectivity index (χ4v) is 1.54. The summed E-state index contributed by atoms with van der Waals surface area (Å²) in [6, 6.07) is 4.66. The molecule has 0 aliphatic rings. The van der Waals surface area contributed by atoms with E-state index in [2.05, 4.69) is 5.32 Å². The zero-order valence-corrected chi connectivity index (χ0v) is 10.5. The minimum atomic E-state index is -2.47. The third-order valence-corrected chi connectivity index (χ3v) is 2.46. The van der Waals surface area contributed by atoms with Gasteiger partial charge < -0.3 is 11.1 Å². The van der Waals surface area contributed by atoms with Gasteiger partial charge in [0.05, 0.1) is 23.8 Å². The van der Waals surface area contributed by atoms with Crippen molar-refractivity contribution in [1.82, 2.24) is 4.90 Å². The Morgan fingerprint density at radius 1 is 1.56 bits per heavy atom. The smallest absolute Gasteiger partial charge is 0.251 e. The predicted molar refractivity (Wildman–Crippen MR) is 68.0 cm³/mol. The number of anilines is 2. The first-order chi connectivity index (χ1) is 8.38. The summed E-state index contributed by atoms with van der Waals surface area (Å²) in [7, 11) is 1.44. The Morgan fingerprint density at radius 3 is 2.83 bits per heavy atom. The number of amides is 1. The Bertz CT molecular complexity index is 429. The lowest BCUT2D eigenvalue weighted by Gasteiger charge is -2.16. The number of hydrogen-bond acceptors (Lipinski definition) is 3. The second-order valence-electron chi connectivity index (χ2n) is 3.88. The molecule has 0 unspecified atom stereocenters. The molecule has 0 aliphatic heterocycles. The lowest BCUT2D eigenvalue weighted by molar-refractivity contribution is -0.117. The van der Waals surface area contributed by atoms with Crippen LogP contribution in [0.5, 0.6) is 0 Å². The Kier molecular flexibility index (Phi) is 5.30. The van der Waals surface area contributed by atoms with E-state index >= 15 is 0 Å². The molecule has 100 valence electrons. The van der Waals surface area contributed by atoms with E-state index in [1.165, 1.54) is 18.0 Å². The molecule has 18 heavy (non-hydrogen) atoms. The van der Waals surface area contributed by atoms with E-state index in [1.54, 1.807) is 12.1 Å². The van der Waals surface area contributed by atoms with E-state index in [9.17, 15) is 13.6 Å². The molecule has 4 nitrogen and oxygen atoms in total. The number of nitrogen functional groups attached to an aromatic ring is 1. The minimum absolute atomic E-state index is 0.143. The number of alkyl halides is 2. The lowest BCUT2D eigenvalue weighted by Crippen LogP contribution is -2.33. The molecular formula is C11H14ClF2N3O. The van der Waals surface area contributed by atoms with Gasteiger partial charge in [-0.3, -0.25) is 9.69 Å². The molecule has 0 aliphatic carbocycles. The van der Waals surface area contributed by atoms with Crippen LogP contribution in [0.25, 0.3) is 0 Å². The highest BCUT2D eigenvalue weighted by Crippen LogP contribution is 2.23. The second kappa shape index (κ2) is 6.51. The molecule has 1 aromatic rings. The minimum Gasteiger partial charge on any atom is -0.399 e. The maximum absolute atomic E-state index is 12.1. The number of nitrogens with zero attached hydrogens (tertiary/aromatic N) is 1. The highest BCUT2D eigenvalue weighted by Gasteiger charge is 2.12. The standard InChI is InChI=1S/C11H14ClF2N3O/c1-17(5-10(13)14)6-11(18)16-9-4-7(15)2-3-8(9)12/h2-4,10H,5-6,15H2,1H3,(H,16,18). The van der Waals surface area contributed by atoms with Gasteiger partial charge in [0.25, 0.3) is 6.43 Å². The first-order valence-electron chi connectivity index (χ1n) is 5.20. The number of halogens is 3. The third kappa shape index (κ3) is 4.85. The van der Waals surface area contributed by atoms with Gasteiger partial charge in [-0.15, -0.1) is 0 Å². The second-order valence-corrected chi connectivity index (χ2v) is 4.28. The van der Waals surface area contributed by atoms with Crippen molar-refractivity contribution in [2.75, 3.05) is 31.2 Å². The Balaban J connectivity index is 2.56. The van der Waals surface area contributed by atoms with Crippen LogP contribution in [-0.2, 0) is 4.79 Å². The van der Waals surface area contributed by atoms with E-state index in [0.717, 1.165) is 0 Å². The molecule has 0 saturated heterocycles. The maximum Gasteiger partial charge on any atom is 0.251 e. The first kappa shape index (κ1) is 14.7. The van der Waals surface area contributed by atoms with Crippen LogP contribution < -0.4 is 11.1 Å². The van der Waals surface area contributed by atoms with E-state index < -0.39 is 18.9 Å². The summed E-state index contributed by atoms with van der Waals surface area (Å²) < 4.78 is 24.1. The third-order valence-electron chi connectivity index (χ3n) is 2.13. The summed E-state index contributed by atoms with van der Waals surface area (Å²) in [5.74, 6) is -0.425. The fraction of sp³-hybridized carbons (Fsp3) is 0.364. The molecule has 3 N–H and O–H groups in total. The van der Waals surface area contributed by atoms with Crippen LogP contribution in [0.4, 0.5) is 20.2 Å². The van der Waals surface area contributed by atoms with E-state index in [0.29, 0.717) is 16.4 Å². The molecule has 0 heterocycles. The zero-order valence-electron chi connectivity index (χ0n) is 9.79. The summed E-state index contributed by atoms with van der Waals surface area (Å²) in [5, 5.41) is 2.86. The van der Waals surface area contributed by atoms with Gasteiger partial charge in [0.2, 0.25) is 5.91 Å². The van der Waals surface area contributed by atoms with Gasteiger partial charge in [0.1, 0.15) is 0 Å². The normalized spacial score (nSPS) is 11.0. The Labute approximate surface area is 109 Å². The number of likely N-dealkylation sites (N-methyl/N-ethyl adjacent to an activating group) is 1. The molecule has 0 atom stereocenters. The van der Waals surface area contributed by atoms with E-state index in [4.69, 9.17) is 17.3 Å². The number of nitrogens with one attached hydrogen (secondary N) is 1. The first-order valence-corrected chi connectivity index (χ1v) is 5.58. The highest BCUT2D eigenvalue weighted by atomic mass is 35.5. The van der Waals surface area contributed by atoms with Gasteiger partial charge in [-0.1, -0.05) is 11.6 Å². The van der Waals surface area contributed by atoms with Crippen LogP contribution >= 0.6 is 11.6 Å². The zero-order chi connectivity index (χ0) is 13.7. The van der Waals surface area contributed by atoms with Gasteiger partial charge in [-0.25, -0.2) is 8.78 Å². The lowest BCUT2D eigenvalue weighted by atomic mass is 10.3. The van der Waals surface area contributed by atoms with Crippen LogP contribution in [0, 0.1) is 0 Å². The number of carbonyl (C=O) groups excluding carboxylic acids is 1. The molecule has 0 bridgehead atoms. The number of rotatable bonds is 5. The number of nitrogens with two attached hydrogens (primary N) is 1. The van der Waals surface area contributed by atoms with Crippen LogP contribution in [0.1, 0.15) is 0 Å².